The van der Waals surface area contributed by atoms with Gasteiger partial charge >= 0.3 is 11.9 Å². The fourth-order valence-corrected chi connectivity index (χ4v) is 4.73. The largest absolute Gasteiger partial charge is 0.464 e. The van der Waals surface area contributed by atoms with Crippen LogP contribution in [0.4, 0.5) is 0 Å². The van der Waals surface area contributed by atoms with E-state index in [-0.39, 0.29) is 37.1 Å². The van der Waals surface area contributed by atoms with Crippen LogP contribution in [0.25, 0.3) is 10.2 Å². The highest BCUT2D eigenvalue weighted by atomic mass is 32.1. The van der Waals surface area contributed by atoms with Gasteiger partial charge in [-0.25, -0.2) is 9.78 Å². The Morgan fingerprint density at radius 3 is 2.75 bits per heavy atom. The summed E-state index contributed by atoms with van der Waals surface area (Å²) in [5.74, 6) is -0.694. The minimum absolute atomic E-state index is 0.146. The van der Waals surface area contributed by atoms with Crippen molar-refractivity contribution in [2.45, 2.75) is 53.5 Å². The molecule has 0 spiro atoms. The van der Waals surface area contributed by atoms with Gasteiger partial charge < -0.3 is 9.47 Å². The molecule has 0 aromatic carbocycles. The number of nitrogens with zero attached hydrogens (tertiary/aromatic N) is 2. The molecule has 28 heavy (non-hydrogen) atoms. The molecule has 2 aromatic rings. The summed E-state index contributed by atoms with van der Waals surface area (Å²) in [6, 6.07) is 0. The highest BCUT2D eigenvalue weighted by Crippen LogP contribution is 2.35. The van der Waals surface area contributed by atoms with Crippen molar-refractivity contribution in [2.24, 2.45) is 11.8 Å². The summed E-state index contributed by atoms with van der Waals surface area (Å²) in [5, 5.41) is 0.525. The first-order valence-electron chi connectivity index (χ1n) is 9.69. The van der Waals surface area contributed by atoms with Gasteiger partial charge in [-0.15, -0.1) is 11.3 Å². The van der Waals surface area contributed by atoms with E-state index in [2.05, 4.69) is 11.9 Å². The van der Waals surface area contributed by atoms with Crippen molar-refractivity contribution >= 4 is 33.5 Å². The molecule has 1 aliphatic rings. The third-order valence-electron chi connectivity index (χ3n) is 4.74. The van der Waals surface area contributed by atoms with E-state index in [1.54, 1.807) is 6.92 Å². The molecule has 3 rings (SSSR count). The van der Waals surface area contributed by atoms with Gasteiger partial charge in [-0.2, -0.15) is 0 Å². The second kappa shape index (κ2) is 8.43. The Labute approximate surface area is 167 Å². The summed E-state index contributed by atoms with van der Waals surface area (Å²) >= 11 is 1.46. The molecule has 0 fully saturated rings. The molecule has 0 saturated carbocycles. The maximum absolute atomic E-state index is 13.3. The number of ether oxygens (including phenoxy) is 2. The van der Waals surface area contributed by atoms with Crippen molar-refractivity contribution in [1.82, 2.24) is 9.55 Å². The molecule has 0 radical (unpaired) electrons. The van der Waals surface area contributed by atoms with Crippen molar-refractivity contribution in [3.8, 4) is 0 Å². The van der Waals surface area contributed by atoms with Gasteiger partial charge in [0, 0.05) is 4.88 Å². The van der Waals surface area contributed by atoms with Crippen LogP contribution in [0, 0.1) is 11.8 Å². The number of aryl methyl sites for hydroxylation is 1. The molecule has 8 heteroatoms. The van der Waals surface area contributed by atoms with Crippen LogP contribution < -0.4 is 5.56 Å². The maximum atomic E-state index is 13.3. The predicted octanol–water partition coefficient (Wildman–Crippen LogP) is 2.96. The number of esters is 2. The fraction of sp³-hybridized carbons (Fsp3) is 0.600. The summed E-state index contributed by atoms with van der Waals surface area (Å²) in [6.45, 7) is 7.77. The van der Waals surface area contributed by atoms with Crippen molar-refractivity contribution in [1.29, 1.82) is 0 Å². The van der Waals surface area contributed by atoms with E-state index >= 15 is 0 Å². The smallest absolute Gasteiger partial charge is 0.374 e. The molecule has 0 amide bonds. The zero-order valence-electron chi connectivity index (χ0n) is 16.7. The molecule has 0 N–H and O–H groups in total. The molecular weight excluding hydrogens is 380 g/mol. The van der Waals surface area contributed by atoms with Crippen LogP contribution in [0.1, 0.15) is 55.2 Å². The molecule has 152 valence electrons. The number of hydrogen-bond acceptors (Lipinski definition) is 7. The van der Waals surface area contributed by atoms with Gasteiger partial charge in [-0.1, -0.05) is 20.8 Å². The van der Waals surface area contributed by atoms with Gasteiger partial charge in [0.05, 0.1) is 18.6 Å². The van der Waals surface area contributed by atoms with E-state index in [1.807, 2.05) is 13.8 Å². The van der Waals surface area contributed by atoms with Crippen LogP contribution in [0.3, 0.4) is 0 Å². The fourth-order valence-electron chi connectivity index (χ4n) is 3.36. The second-order valence-electron chi connectivity index (χ2n) is 7.66. The van der Waals surface area contributed by atoms with Gasteiger partial charge in [-0.3, -0.25) is 14.2 Å². The summed E-state index contributed by atoms with van der Waals surface area (Å²) in [4.78, 5) is 44.0. The maximum Gasteiger partial charge on any atom is 0.374 e. The molecule has 2 aromatic heterocycles. The highest BCUT2D eigenvalue weighted by molar-refractivity contribution is 7.18. The summed E-state index contributed by atoms with van der Waals surface area (Å²) < 4.78 is 11.4. The minimum Gasteiger partial charge on any atom is -0.464 e. The molecular formula is C20H26N2O5S. The van der Waals surface area contributed by atoms with E-state index in [0.717, 1.165) is 34.3 Å². The molecule has 0 saturated heterocycles. The normalized spacial score (nSPS) is 16.2. The number of fused-ring (bicyclic) bond motifs is 3. The van der Waals surface area contributed by atoms with Gasteiger partial charge in [0.2, 0.25) is 5.82 Å². The Balaban J connectivity index is 2.09. The monoisotopic (exact) mass is 406 g/mol. The number of hydrogen-bond donors (Lipinski definition) is 0. The third kappa shape index (κ3) is 4.11. The lowest BCUT2D eigenvalue weighted by molar-refractivity contribution is -0.145. The molecule has 0 unspecified atom stereocenters. The molecule has 1 aliphatic carbocycles. The molecule has 0 bridgehead atoms. The van der Waals surface area contributed by atoms with Gasteiger partial charge in [0.1, 0.15) is 11.4 Å². The van der Waals surface area contributed by atoms with E-state index in [4.69, 9.17) is 9.47 Å². The van der Waals surface area contributed by atoms with E-state index in [0.29, 0.717) is 16.1 Å². The third-order valence-corrected chi connectivity index (χ3v) is 5.89. The van der Waals surface area contributed by atoms with Gasteiger partial charge in [0.15, 0.2) is 0 Å². The van der Waals surface area contributed by atoms with E-state index in [9.17, 15) is 14.4 Å². The predicted molar refractivity (Wildman–Crippen MR) is 107 cm³/mol. The van der Waals surface area contributed by atoms with Crippen molar-refractivity contribution in [3.05, 3.63) is 26.6 Å². The average molecular weight is 407 g/mol. The average Bonchev–Trinajstić information content (AvgIpc) is 2.99. The zero-order valence-corrected chi connectivity index (χ0v) is 17.6. The first kappa shape index (κ1) is 20.5. The summed E-state index contributed by atoms with van der Waals surface area (Å²) in [6.07, 6.45) is 2.72. The number of rotatable bonds is 6. The minimum atomic E-state index is -0.710. The van der Waals surface area contributed by atoms with Crippen molar-refractivity contribution < 1.29 is 19.1 Å². The van der Waals surface area contributed by atoms with Crippen LogP contribution in [0.5, 0.6) is 0 Å². The second-order valence-corrected chi connectivity index (χ2v) is 8.74. The van der Waals surface area contributed by atoms with Gasteiger partial charge in [-0.05, 0) is 43.6 Å². The topological polar surface area (TPSA) is 87.5 Å². The van der Waals surface area contributed by atoms with Crippen LogP contribution in [-0.2, 0) is 33.7 Å². The molecule has 7 nitrogen and oxygen atoms in total. The first-order valence-corrected chi connectivity index (χ1v) is 10.5. The Kier molecular flexibility index (Phi) is 6.17. The quantitative estimate of drug-likeness (QED) is 0.686. The molecule has 1 atom stereocenters. The summed E-state index contributed by atoms with van der Waals surface area (Å²) in [7, 11) is 0. The van der Waals surface area contributed by atoms with Crippen LogP contribution in [0.15, 0.2) is 4.79 Å². The van der Waals surface area contributed by atoms with Crippen molar-refractivity contribution in [3.63, 3.8) is 0 Å². The Bertz CT molecular complexity index is 960. The van der Waals surface area contributed by atoms with Crippen LogP contribution >= 0.6 is 11.3 Å². The van der Waals surface area contributed by atoms with E-state index < -0.39 is 11.9 Å². The van der Waals surface area contributed by atoms with Crippen LogP contribution in [0.2, 0.25) is 0 Å². The van der Waals surface area contributed by atoms with Crippen molar-refractivity contribution in [2.75, 3.05) is 13.2 Å². The number of thiophene rings is 1. The molecule has 0 aliphatic heterocycles. The Morgan fingerprint density at radius 1 is 1.32 bits per heavy atom. The Morgan fingerprint density at radius 2 is 2.07 bits per heavy atom. The summed E-state index contributed by atoms with van der Waals surface area (Å²) in [5.41, 5.74) is 0.636. The Hall–Kier alpha value is -2.22. The lowest BCUT2D eigenvalue weighted by Gasteiger charge is -2.17. The zero-order chi connectivity index (χ0) is 20.4. The lowest BCUT2D eigenvalue weighted by Crippen LogP contribution is -2.32. The standard InChI is InChI=1S/C20H26N2O5S/c1-5-26-20(25)17-21-18-16(13-7-6-12(4)8-14(13)28-18)19(24)22(17)9-15(23)27-10-11(2)3/h11-12H,5-10H2,1-4H3/t12-/m1/s1. The van der Waals surface area contributed by atoms with E-state index in [1.165, 1.54) is 11.3 Å². The number of carbonyl (C=O) groups is 2. The number of aromatic nitrogens is 2. The number of carbonyl (C=O) groups excluding carboxylic acids is 2. The lowest BCUT2D eigenvalue weighted by atomic mass is 9.89. The first-order chi connectivity index (χ1) is 13.3. The molecule has 2 heterocycles. The highest BCUT2D eigenvalue weighted by Gasteiger charge is 2.27. The van der Waals surface area contributed by atoms with Gasteiger partial charge in [0.25, 0.3) is 5.56 Å². The SMILES string of the molecule is CCOC(=O)c1nc2sc3c(c2c(=O)n1CC(=O)OCC(C)C)CC[C@@H](C)C3. The van der Waals surface area contributed by atoms with Crippen LogP contribution in [-0.4, -0.2) is 34.7 Å².